The van der Waals surface area contributed by atoms with Gasteiger partial charge in [0.1, 0.15) is 5.00 Å². The minimum Gasteiger partial charge on any atom is -0.462 e. The summed E-state index contributed by atoms with van der Waals surface area (Å²) in [6, 6.07) is 16.1. The van der Waals surface area contributed by atoms with Gasteiger partial charge in [-0.2, -0.15) is 0 Å². The molecule has 0 spiro atoms. The van der Waals surface area contributed by atoms with Gasteiger partial charge in [0.15, 0.2) is 5.11 Å². The van der Waals surface area contributed by atoms with Crippen molar-refractivity contribution >= 4 is 51.0 Å². The third-order valence-electron chi connectivity index (χ3n) is 4.26. The van der Waals surface area contributed by atoms with E-state index in [1.54, 1.807) is 32.0 Å². The first kappa shape index (κ1) is 21.4. The standard InChI is InChI=1S/C21H19N3O4S2/c1-3-28-20(25)15-12-18(14-8-5-4-6-9-14)30-19(15)23-21(29)22-16-10-7-11-17(13(16)2)24(26)27/h4-12H,3H2,1-2H3,(H2,22,23,29). The molecule has 30 heavy (non-hydrogen) atoms. The first-order chi connectivity index (χ1) is 14.4. The molecule has 1 heterocycles. The van der Waals surface area contributed by atoms with Crippen molar-refractivity contribution in [3.05, 3.63) is 75.8 Å². The van der Waals surface area contributed by atoms with E-state index >= 15 is 0 Å². The Balaban J connectivity index is 1.87. The van der Waals surface area contributed by atoms with Crippen LogP contribution in [0.3, 0.4) is 0 Å². The first-order valence-corrected chi connectivity index (χ1v) is 10.3. The second kappa shape index (κ2) is 9.47. The Hall–Kier alpha value is -3.30. The number of nitrogens with one attached hydrogen (secondary N) is 2. The number of nitrogens with zero attached hydrogens (tertiary/aromatic N) is 1. The van der Waals surface area contributed by atoms with Crippen LogP contribution in [-0.4, -0.2) is 22.6 Å². The number of thiophene rings is 1. The molecule has 0 amide bonds. The molecule has 154 valence electrons. The van der Waals surface area contributed by atoms with Gasteiger partial charge in [0.2, 0.25) is 0 Å². The number of benzene rings is 2. The fourth-order valence-corrected chi connectivity index (χ4v) is 4.13. The average molecular weight is 442 g/mol. The number of rotatable bonds is 6. The molecule has 0 aliphatic heterocycles. The van der Waals surface area contributed by atoms with Gasteiger partial charge in [-0.3, -0.25) is 10.1 Å². The molecule has 0 saturated carbocycles. The number of nitro groups is 1. The number of carbonyl (C=O) groups is 1. The summed E-state index contributed by atoms with van der Waals surface area (Å²) in [6.07, 6.45) is 0. The maximum absolute atomic E-state index is 12.4. The summed E-state index contributed by atoms with van der Waals surface area (Å²) in [5, 5.41) is 17.9. The predicted molar refractivity (Wildman–Crippen MR) is 123 cm³/mol. The predicted octanol–water partition coefficient (Wildman–Crippen LogP) is 5.62. The number of anilines is 2. The molecule has 3 rings (SSSR count). The maximum Gasteiger partial charge on any atom is 0.341 e. The van der Waals surface area contributed by atoms with E-state index in [0.29, 0.717) is 21.8 Å². The molecule has 7 nitrogen and oxygen atoms in total. The van der Waals surface area contributed by atoms with Gasteiger partial charge in [-0.1, -0.05) is 36.4 Å². The molecular formula is C21H19N3O4S2. The number of hydrogen-bond acceptors (Lipinski definition) is 6. The molecule has 2 aromatic carbocycles. The molecular weight excluding hydrogens is 422 g/mol. The Kier molecular flexibility index (Phi) is 6.76. The van der Waals surface area contributed by atoms with Gasteiger partial charge < -0.3 is 15.4 Å². The van der Waals surface area contributed by atoms with Crippen LogP contribution in [0.25, 0.3) is 10.4 Å². The highest BCUT2D eigenvalue weighted by Gasteiger charge is 2.20. The van der Waals surface area contributed by atoms with E-state index in [0.717, 1.165) is 10.4 Å². The molecule has 3 aromatic rings. The van der Waals surface area contributed by atoms with Crippen molar-refractivity contribution in [3.63, 3.8) is 0 Å². The number of nitro benzene ring substituents is 1. The molecule has 1 aromatic heterocycles. The van der Waals surface area contributed by atoms with Crippen molar-refractivity contribution in [1.29, 1.82) is 0 Å². The van der Waals surface area contributed by atoms with Crippen molar-refractivity contribution in [2.24, 2.45) is 0 Å². The topological polar surface area (TPSA) is 93.5 Å². The monoisotopic (exact) mass is 441 g/mol. The summed E-state index contributed by atoms with van der Waals surface area (Å²) in [7, 11) is 0. The fourth-order valence-electron chi connectivity index (χ4n) is 2.80. The lowest BCUT2D eigenvalue weighted by molar-refractivity contribution is -0.385. The van der Waals surface area contributed by atoms with E-state index in [1.165, 1.54) is 17.4 Å². The molecule has 0 atom stereocenters. The van der Waals surface area contributed by atoms with Gasteiger partial charge in [-0.15, -0.1) is 11.3 Å². The second-order valence-corrected chi connectivity index (χ2v) is 7.69. The zero-order chi connectivity index (χ0) is 21.7. The summed E-state index contributed by atoms with van der Waals surface area (Å²) < 4.78 is 5.17. The Labute approximate surface area is 182 Å². The zero-order valence-electron chi connectivity index (χ0n) is 16.3. The number of esters is 1. The SMILES string of the molecule is CCOC(=O)c1cc(-c2ccccc2)sc1NC(=S)Nc1cccc([N+](=O)[O-])c1C. The van der Waals surface area contributed by atoms with Crippen LogP contribution in [0.2, 0.25) is 0 Å². The van der Waals surface area contributed by atoms with E-state index < -0.39 is 10.9 Å². The van der Waals surface area contributed by atoms with Crippen molar-refractivity contribution in [2.45, 2.75) is 13.8 Å². The van der Waals surface area contributed by atoms with Gasteiger partial charge in [0, 0.05) is 10.9 Å². The van der Waals surface area contributed by atoms with Crippen LogP contribution >= 0.6 is 23.6 Å². The number of ether oxygens (including phenoxy) is 1. The van der Waals surface area contributed by atoms with Crippen LogP contribution in [0.5, 0.6) is 0 Å². The molecule has 0 fully saturated rings. The summed E-state index contributed by atoms with van der Waals surface area (Å²) in [5.74, 6) is -0.451. The normalized spacial score (nSPS) is 10.3. The van der Waals surface area contributed by atoms with Gasteiger partial charge in [0.05, 0.1) is 28.3 Å². The van der Waals surface area contributed by atoms with E-state index in [4.69, 9.17) is 17.0 Å². The highest BCUT2D eigenvalue weighted by Crippen LogP contribution is 2.36. The molecule has 0 unspecified atom stereocenters. The number of hydrogen-bond donors (Lipinski definition) is 2. The Bertz CT molecular complexity index is 1100. The van der Waals surface area contributed by atoms with E-state index in [-0.39, 0.29) is 17.4 Å². The average Bonchev–Trinajstić information content (AvgIpc) is 3.14. The Morgan fingerprint density at radius 2 is 1.90 bits per heavy atom. The zero-order valence-corrected chi connectivity index (χ0v) is 17.9. The van der Waals surface area contributed by atoms with Crippen molar-refractivity contribution in [3.8, 4) is 10.4 Å². The van der Waals surface area contributed by atoms with Crippen molar-refractivity contribution in [1.82, 2.24) is 0 Å². The van der Waals surface area contributed by atoms with Gasteiger partial charge >= 0.3 is 5.97 Å². The third kappa shape index (κ3) is 4.81. The molecule has 2 N–H and O–H groups in total. The summed E-state index contributed by atoms with van der Waals surface area (Å²) in [4.78, 5) is 24.0. The largest absolute Gasteiger partial charge is 0.462 e. The summed E-state index contributed by atoms with van der Waals surface area (Å²) >= 11 is 6.76. The van der Waals surface area contributed by atoms with E-state index in [2.05, 4.69) is 10.6 Å². The van der Waals surface area contributed by atoms with Gasteiger partial charge in [-0.05, 0) is 43.8 Å². The van der Waals surface area contributed by atoms with Crippen LogP contribution in [-0.2, 0) is 4.74 Å². The number of carbonyl (C=O) groups excluding carboxylic acids is 1. The van der Waals surface area contributed by atoms with Crippen LogP contribution < -0.4 is 10.6 Å². The van der Waals surface area contributed by atoms with Crippen LogP contribution in [0.4, 0.5) is 16.4 Å². The molecule has 0 radical (unpaired) electrons. The van der Waals surface area contributed by atoms with E-state index in [9.17, 15) is 14.9 Å². The number of thiocarbonyl (C=S) groups is 1. The Morgan fingerprint density at radius 3 is 2.57 bits per heavy atom. The molecule has 0 aliphatic rings. The Morgan fingerprint density at radius 1 is 1.17 bits per heavy atom. The minimum atomic E-state index is -0.451. The maximum atomic E-state index is 12.4. The smallest absolute Gasteiger partial charge is 0.341 e. The summed E-state index contributed by atoms with van der Waals surface area (Å²) in [5.41, 5.74) is 2.32. The summed E-state index contributed by atoms with van der Waals surface area (Å²) in [6.45, 7) is 3.64. The van der Waals surface area contributed by atoms with Crippen LogP contribution in [0, 0.1) is 17.0 Å². The third-order valence-corrected chi connectivity index (χ3v) is 5.57. The van der Waals surface area contributed by atoms with Gasteiger partial charge in [-0.25, -0.2) is 4.79 Å². The van der Waals surface area contributed by atoms with Crippen molar-refractivity contribution < 1.29 is 14.5 Å². The molecule has 0 saturated heterocycles. The fraction of sp³-hybridized carbons (Fsp3) is 0.143. The van der Waals surface area contributed by atoms with Crippen LogP contribution in [0.15, 0.2) is 54.6 Å². The first-order valence-electron chi connectivity index (χ1n) is 9.09. The van der Waals surface area contributed by atoms with Gasteiger partial charge in [0.25, 0.3) is 5.69 Å². The molecule has 0 aliphatic carbocycles. The highest BCUT2D eigenvalue weighted by atomic mass is 32.1. The lowest BCUT2D eigenvalue weighted by atomic mass is 10.1. The minimum absolute atomic E-state index is 0.00231. The van der Waals surface area contributed by atoms with Crippen molar-refractivity contribution in [2.75, 3.05) is 17.2 Å². The molecule has 0 bridgehead atoms. The second-order valence-electron chi connectivity index (χ2n) is 6.23. The lowest BCUT2D eigenvalue weighted by Gasteiger charge is -2.12. The van der Waals surface area contributed by atoms with E-state index in [1.807, 2.05) is 30.3 Å². The molecule has 9 heteroatoms. The van der Waals surface area contributed by atoms with Crippen LogP contribution in [0.1, 0.15) is 22.8 Å². The highest BCUT2D eigenvalue weighted by molar-refractivity contribution is 7.80. The lowest BCUT2D eigenvalue weighted by Crippen LogP contribution is -2.20. The quantitative estimate of drug-likeness (QED) is 0.222.